The van der Waals surface area contributed by atoms with Gasteiger partial charge in [-0.25, -0.2) is 17.5 Å². The Hall–Kier alpha value is -1.20. The summed E-state index contributed by atoms with van der Waals surface area (Å²) < 4.78 is 24.7. The fourth-order valence-corrected chi connectivity index (χ4v) is 2.40. The number of hydrogen-bond donors (Lipinski definition) is 0. The fourth-order valence-electron chi connectivity index (χ4n) is 1.01. The number of isocyanates is 1. The Morgan fingerprint density at radius 3 is 2.50 bits per heavy atom. The summed E-state index contributed by atoms with van der Waals surface area (Å²) >= 11 is 5.78. The first-order chi connectivity index (χ1) is 7.39. The Balaban J connectivity index is 3.44. The van der Waals surface area contributed by atoms with Gasteiger partial charge in [0.1, 0.15) is 4.90 Å². The molecule has 0 bridgehead atoms. The summed E-state index contributed by atoms with van der Waals surface area (Å²) in [6.45, 7) is 0. The van der Waals surface area contributed by atoms with E-state index in [1.807, 2.05) is 0 Å². The van der Waals surface area contributed by atoms with Gasteiger partial charge in [-0.2, -0.15) is 4.99 Å². The molecular weight excluding hydrogens is 252 g/mol. The maximum Gasteiger partial charge on any atom is 0.244 e. The van der Waals surface area contributed by atoms with Crippen molar-refractivity contribution in [3.8, 4) is 0 Å². The molecule has 7 heteroatoms. The molecule has 0 unspecified atom stereocenters. The molecule has 0 saturated carbocycles. The largest absolute Gasteiger partial charge is 0.244 e. The Morgan fingerprint density at radius 2 is 2.00 bits per heavy atom. The number of benzene rings is 1. The summed E-state index contributed by atoms with van der Waals surface area (Å²) in [5, 5.41) is 0.0820. The molecule has 1 aromatic carbocycles. The lowest BCUT2D eigenvalue weighted by molar-refractivity contribution is 0.521. The summed E-state index contributed by atoms with van der Waals surface area (Å²) in [6, 6.07) is 4.03. The molecule has 0 aliphatic rings. The highest BCUT2D eigenvalue weighted by Crippen LogP contribution is 2.27. The minimum absolute atomic E-state index is 0.0820. The van der Waals surface area contributed by atoms with Gasteiger partial charge in [-0.3, -0.25) is 0 Å². The normalized spacial score (nSPS) is 11.2. The standard InChI is InChI=1S/C9H9ClN2O3S/c1-12(2)16(14,15)9-5-7(11-6-13)3-4-8(9)10/h3-5H,1-2H3. The highest BCUT2D eigenvalue weighted by molar-refractivity contribution is 7.89. The molecule has 0 aromatic heterocycles. The summed E-state index contributed by atoms with van der Waals surface area (Å²) in [7, 11) is -0.856. The van der Waals surface area contributed by atoms with Crippen LogP contribution in [-0.4, -0.2) is 32.9 Å². The second-order valence-electron chi connectivity index (χ2n) is 3.11. The Kier molecular flexibility index (Phi) is 3.83. The van der Waals surface area contributed by atoms with Crippen molar-refractivity contribution in [2.45, 2.75) is 4.90 Å². The van der Waals surface area contributed by atoms with Crippen LogP contribution in [0.3, 0.4) is 0 Å². The number of aliphatic imine (C=N–C) groups is 1. The topological polar surface area (TPSA) is 66.8 Å². The number of hydrogen-bond acceptors (Lipinski definition) is 4. The van der Waals surface area contributed by atoms with Crippen LogP contribution in [0.5, 0.6) is 0 Å². The van der Waals surface area contributed by atoms with Crippen LogP contribution in [-0.2, 0) is 14.8 Å². The summed E-state index contributed by atoms with van der Waals surface area (Å²) in [4.78, 5) is 13.3. The van der Waals surface area contributed by atoms with Gasteiger partial charge in [-0.05, 0) is 18.2 Å². The van der Waals surface area contributed by atoms with E-state index in [0.717, 1.165) is 4.31 Å². The van der Waals surface area contributed by atoms with Crippen LogP contribution in [0.1, 0.15) is 0 Å². The Labute approximate surface area is 98.4 Å². The molecule has 5 nitrogen and oxygen atoms in total. The van der Waals surface area contributed by atoms with Gasteiger partial charge in [-0.1, -0.05) is 11.6 Å². The van der Waals surface area contributed by atoms with Crippen molar-refractivity contribution >= 4 is 33.4 Å². The van der Waals surface area contributed by atoms with E-state index in [-0.39, 0.29) is 15.6 Å². The van der Waals surface area contributed by atoms with Crippen molar-refractivity contribution in [1.82, 2.24) is 4.31 Å². The van der Waals surface area contributed by atoms with Gasteiger partial charge in [0.05, 0.1) is 10.7 Å². The van der Waals surface area contributed by atoms with E-state index in [2.05, 4.69) is 4.99 Å². The van der Waals surface area contributed by atoms with Crippen molar-refractivity contribution < 1.29 is 13.2 Å². The van der Waals surface area contributed by atoms with Crippen LogP contribution in [0.2, 0.25) is 5.02 Å². The van der Waals surface area contributed by atoms with Gasteiger partial charge in [0.2, 0.25) is 16.1 Å². The zero-order chi connectivity index (χ0) is 12.3. The van der Waals surface area contributed by atoms with E-state index in [1.165, 1.54) is 38.4 Å². The van der Waals surface area contributed by atoms with Crippen LogP contribution in [0, 0.1) is 0 Å². The van der Waals surface area contributed by atoms with Gasteiger partial charge in [-0.15, -0.1) is 0 Å². The van der Waals surface area contributed by atoms with Gasteiger partial charge in [0.25, 0.3) is 0 Å². The minimum atomic E-state index is -3.64. The molecular formula is C9H9ClN2O3S. The maximum absolute atomic E-state index is 11.8. The van der Waals surface area contributed by atoms with Gasteiger partial charge in [0.15, 0.2) is 0 Å². The lowest BCUT2D eigenvalue weighted by Crippen LogP contribution is -2.22. The first-order valence-electron chi connectivity index (χ1n) is 4.19. The van der Waals surface area contributed by atoms with Crippen molar-refractivity contribution in [3.63, 3.8) is 0 Å². The first-order valence-corrected chi connectivity index (χ1v) is 6.01. The first kappa shape index (κ1) is 12.9. The van der Waals surface area contributed by atoms with Crippen molar-refractivity contribution in [2.75, 3.05) is 14.1 Å². The number of sulfonamides is 1. The highest BCUT2D eigenvalue weighted by atomic mass is 35.5. The van der Waals surface area contributed by atoms with E-state index in [4.69, 9.17) is 11.6 Å². The number of nitrogens with zero attached hydrogens (tertiary/aromatic N) is 2. The molecule has 0 N–H and O–H groups in total. The maximum atomic E-state index is 11.8. The SMILES string of the molecule is CN(C)S(=O)(=O)c1cc(N=C=O)ccc1Cl. The van der Waals surface area contributed by atoms with Gasteiger partial charge < -0.3 is 0 Å². The van der Waals surface area contributed by atoms with Crippen LogP contribution in [0.15, 0.2) is 28.1 Å². The van der Waals surface area contributed by atoms with Crippen LogP contribution in [0.25, 0.3) is 0 Å². The van der Waals surface area contributed by atoms with E-state index in [0.29, 0.717) is 0 Å². The second-order valence-corrected chi connectivity index (χ2v) is 5.63. The van der Waals surface area contributed by atoms with Crippen molar-refractivity contribution in [2.24, 2.45) is 4.99 Å². The zero-order valence-corrected chi connectivity index (χ0v) is 10.2. The molecule has 1 rings (SSSR count). The molecule has 1 aromatic rings. The number of rotatable bonds is 3. The fraction of sp³-hybridized carbons (Fsp3) is 0.222. The molecule has 0 saturated heterocycles. The molecule has 0 heterocycles. The lowest BCUT2D eigenvalue weighted by Gasteiger charge is -2.12. The summed E-state index contributed by atoms with van der Waals surface area (Å²) in [6.07, 6.45) is 1.33. The van der Waals surface area contributed by atoms with Gasteiger partial charge >= 0.3 is 0 Å². The molecule has 0 spiro atoms. The predicted octanol–water partition coefficient (Wildman–Crippen LogP) is 1.56. The van der Waals surface area contributed by atoms with E-state index in [9.17, 15) is 13.2 Å². The van der Waals surface area contributed by atoms with Crippen LogP contribution in [0.4, 0.5) is 5.69 Å². The lowest BCUT2D eigenvalue weighted by atomic mass is 10.3. The number of carbonyl (C=O) groups excluding carboxylic acids is 1. The molecule has 0 aliphatic heterocycles. The molecule has 86 valence electrons. The molecule has 16 heavy (non-hydrogen) atoms. The van der Waals surface area contributed by atoms with Crippen LogP contribution < -0.4 is 0 Å². The third kappa shape index (κ3) is 2.48. The highest BCUT2D eigenvalue weighted by Gasteiger charge is 2.20. The minimum Gasteiger partial charge on any atom is -0.211 e. The second kappa shape index (κ2) is 4.76. The average Bonchev–Trinajstić information content (AvgIpc) is 2.20. The van der Waals surface area contributed by atoms with Crippen LogP contribution >= 0.6 is 11.6 Å². The smallest absolute Gasteiger partial charge is 0.211 e. The molecule has 0 aliphatic carbocycles. The molecule has 0 amide bonds. The monoisotopic (exact) mass is 260 g/mol. The van der Waals surface area contributed by atoms with E-state index < -0.39 is 10.0 Å². The summed E-state index contributed by atoms with van der Waals surface area (Å²) in [5.74, 6) is 0. The van der Waals surface area contributed by atoms with Gasteiger partial charge in [0, 0.05) is 14.1 Å². The Bertz CT molecular complexity index is 548. The number of halogens is 1. The summed E-state index contributed by atoms with van der Waals surface area (Å²) in [5.41, 5.74) is 0.194. The van der Waals surface area contributed by atoms with E-state index >= 15 is 0 Å². The van der Waals surface area contributed by atoms with Crippen molar-refractivity contribution in [1.29, 1.82) is 0 Å². The molecule has 0 atom stereocenters. The predicted molar refractivity (Wildman–Crippen MR) is 60.1 cm³/mol. The quantitative estimate of drug-likeness (QED) is 0.612. The Morgan fingerprint density at radius 1 is 1.38 bits per heavy atom. The third-order valence-electron chi connectivity index (χ3n) is 1.85. The zero-order valence-electron chi connectivity index (χ0n) is 8.64. The third-order valence-corrected chi connectivity index (χ3v) is 4.14. The molecule has 0 fully saturated rings. The van der Waals surface area contributed by atoms with Crippen molar-refractivity contribution in [3.05, 3.63) is 23.2 Å². The van der Waals surface area contributed by atoms with E-state index in [1.54, 1.807) is 0 Å². The molecule has 0 radical (unpaired) electrons. The average molecular weight is 261 g/mol.